The van der Waals surface area contributed by atoms with Crippen LogP contribution in [0.5, 0.6) is 5.75 Å². The third-order valence-corrected chi connectivity index (χ3v) is 8.03. The zero-order valence-electron chi connectivity index (χ0n) is 17.9. The zero-order chi connectivity index (χ0) is 21.1. The van der Waals surface area contributed by atoms with E-state index in [2.05, 4.69) is 11.0 Å². The van der Waals surface area contributed by atoms with Crippen molar-refractivity contribution in [2.45, 2.75) is 62.5 Å². The van der Waals surface area contributed by atoms with Crippen molar-refractivity contribution in [2.75, 3.05) is 26.8 Å². The first-order chi connectivity index (χ1) is 14.4. The summed E-state index contributed by atoms with van der Waals surface area (Å²) in [4.78, 5) is 28.2. The van der Waals surface area contributed by atoms with E-state index in [9.17, 15) is 14.7 Å². The van der Waals surface area contributed by atoms with Crippen molar-refractivity contribution in [2.24, 2.45) is 11.8 Å². The van der Waals surface area contributed by atoms with E-state index >= 15 is 0 Å². The molecule has 1 aromatic rings. The van der Waals surface area contributed by atoms with Gasteiger partial charge in [-0.25, -0.2) is 0 Å². The van der Waals surface area contributed by atoms with Crippen molar-refractivity contribution in [3.63, 3.8) is 0 Å². The molecular formula is C24H31NO5. The number of likely N-dealkylation sites (tertiary alicyclic amines) is 1. The Balaban J connectivity index is 1.61. The number of benzene rings is 1. The van der Waals surface area contributed by atoms with Crippen LogP contribution in [0.25, 0.3) is 0 Å². The molecule has 2 bridgehead atoms. The first kappa shape index (κ1) is 20.0. The molecule has 3 fully saturated rings. The van der Waals surface area contributed by atoms with Crippen LogP contribution in [0, 0.1) is 11.8 Å². The Morgan fingerprint density at radius 1 is 1.33 bits per heavy atom. The molecule has 2 saturated carbocycles. The van der Waals surface area contributed by atoms with Crippen LogP contribution in [0.2, 0.25) is 0 Å². The van der Waals surface area contributed by atoms with Crippen molar-refractivity contribution in [1.82, 2.24) is 4.90 Å². The summed E-state index contributed by atoms with van der Waals surface area (Å²) in [6, 6.07) is 5.97. The predicted octanol–water partition coefficient (Wildman–Crippen LogP) is 2.25. The van der Waals surface area contributed by atoms with Gasteiger partial charge in [0.15, 0.2) is 0 Å². The van der Waals surface area contributed by atoms with E-state index in [4.69, 9.17) is 9.47 Å². The first-order valence-corrected chi connectivity index (χ1v) is 11.2. The Hall–Kier alpha value is -1.92. The number of rotatable bonds is 5. The maximum absolute atomic E-state index is 13.2. The lowest BCUT2D eigenvalue weighted by Gasteiger charge is -2.64. The van der Waals surface area contributed by atoms with E-state index in [1.807, 2.05) is 12.1 Å². The summed E-state index contributed by atoms with van der Waals surface area (Å²) in [5.74, 6) is -0.0235. The molecular weight excluding hydrogens is 382 g/mol. The van der Waals surface area contributed by atoms with Crippen LogP contribution >= 0.6 is 0 Å². The molecule has 5 rings (SSSR count). The fourth-order valence-corrected chi connectivity index (χ4v) is 6.33. The van der Waals surface area contributed by atoms with Crippen LogP contribution in [0.1, 0.15) is 50.2 Å². The number of Topliss-reactive ketones (excluding diaryl/α,β-unsaturated/α-hetero) is 1. The van der Waals surface area contributed by atoms with Gasteiger partial charge in [0.1, 0.15) is 17.5 Å². The molecule has 1 N–H and O–H groups in total. The maximum Gasteiger partial charge on any atom is 0.316 e. The largest absolute Gasteiger partial charge is 0.497 e. The molecule has 6 nitrogen and oxygen atoms in total. The van der Waals surface area contributed by atoms with Gasteiger partial charge in [0.05, 0.1) is 19.3 Å². The molecule has 1 aromatic carbocycles. The maximum atomic E-state index is 13.2. The molecule has 3 aliphatic carbocycles. The van der Waals surface area contributed by atoms with Crippen molar-refractivity contribution >= 4 is 11.8 Å². The normalized spacial score (nSPS) is 35.4. The summed E-state index contributed by atoms with van der Waals surface area (Å²) in [6.07, 6.45) is 4.28. The van der Waals surface area contributed by atoms with Gasteiger partial charge in [-0.2, -0.15) is 0 Å². The predicted molar refractivity (Wildman–Crippen MR) is 110 cm³/mol. The zero-order valence-corrected chi connectivity index (χ0v) is 17.9. The molecule has 30 heavy (non-hydrogen) atoms. The molecule has 162 valence electrons. The minimum atomic E-state index is -1.13. The van der Waals surface area contributed by atoms with Crippen LogP contribution in [-0.4, -0.2) is 60.2 Å². The Bertz CT molecular complexity index is 880. The molecule has 4 atom stereocenters. The van der Waals surface area contributed by atoms with Crippen molar-refractivity contribution in [3.8, 4) is 5.75 Å². The van der Waals surface area contributed by atoms with Crippen LogP contribution in [0.15, 0.2) is 18.2 Å². The lowest BCUT2D eigenvalue weighted by molar-refractivity contribution is -0.189. The number of esters is 1. The van der Waals surface area contributed by atoms with Gasteiger partial charge in [0, 0.05) is 24.4 Å². The molecule has 4 aliphatic rings. The third kappa shape index (κ3) is 2.83. The fourth-order valence-electron chi connectivity index (χ4n) is 6.33. The number of carbonyl (C=O) groups is 2. The van der Waals surface area contributed by atoms with Crippen molar-refractivity contribution in [3.05, 3.63) is 29.3 Å². The van der Waals surface area contributed by atoms with Gasteiger partial charge >= 0.3 is 5.97 Å². The Labute approximate surface area is 177 Å². The lowest BCUT2D eigenvalue weighted by Crippen LogP contribution is -2.74. The molecule has 0 unspecified atom stereocenters. The van der Waals surface area contributed by atoms with E-state index < -0.39 is 22.9 Å². The summed E-state index contributed by atoms with van der Waals surface area (Å²) < 4.78 is 10.7. The van der Waals surface area contributed by atoms with Gasteiger partial charge in [-0.1, -0.05) is 6.07 Å². The second kappa shape index (κ2) is 7.06. The number of fused-ring (bicyclic) bond motifs is 1. The van der Waals surface area contributed by atoms with Gasteiger partial charge in [0.2, 0.25) is 0 Å². The fraction of sp³-hybridized carbons (Fsp3) is 0.667. The summed E-state index contributed by atoms with van der Waals surface area (Å²) >= 11 is 0. The van der Waals surface area contributed by atoms with E-state index in [1.54, 1.807) is 14.0 Å². The summed E-state index contributed by atoms with van der Waals surface area (Å²) in [7, 11) is 1.64. The summed E-state index contributed by atoms with van der Waals surface area (Å²) in [5.41, 5.74) is 0.417. The Kier molecular flexibility index (Phi) is 4.71. The van der Waals surface area contributed by atoms with Gasteiger partial charge in [-0.15, -0.1) is 0 Å². The van der Waals surface area contributed by atoms with E-state index in [-0.39, 0.29) is 31.3 Å². The highest BCUT2D eigenvalue weighted by molar-refractivity contribution is 6.01. The number of hydrogen-bond donors (Lipinski definition) is 1. The number of hydrogen-bond acceptors (Lipinski definition) is 6. The van der Waals surface area contributed by atoms with Gasteiger partial charge in [0.25, 0.3) is 0 Å². The first-order valence-electron chi connectivity index (χ1n) is 11.2. The number of ketones is 1. The number of aliphatic hydroxyl groups is 1. The second-order valence-electron chi connectivity index (χ2n) is 9.59. The minimum Gasteiger partial charge on any atom is -0.497 e. The molecule has 6 heteroatoms. The highest BCUT2D eigenvalue weighted by Crippen LogP contribution is 2.59. The molecule has 0 spiro atoms. The van der Waals surface area contributed by atoms with Gasteiger partial charge < -0.3 is 14.6 Å². The van der Waals surface area contributed by atoms with Crippen LogP contribution in [0.4, 0.5) is 0 Å². The van der Waals surface area contributed by atoms with Gasteiger partial charge in [-0.3, -0.25) is 14.5 Å². The number of methoxy groups -OCH3 is 1. The molecule has 1 aliphatic heterocycles. The number of carbonyl (C=O) groups excluding carboxylic acids is 2. The van der Waals surface area contributed by atoms with Crippen LogP contribution in [-0.2, 0) is 26.2 Å². The topological polar surface area (TPSA) is 76.1 Å². The monoisotopic (exact) mass is 413 g/mol. The average molecular weight is 414 g/mol. The lowest BCUT2D eigenvalue weighted by atomic mass is 9.48. The molecule has 0 radical (unpaired) electrons. The second-order valence-corrected chi connectivity index (χ2v) is 9.59. The number of piperidine rings is 1. The third-order valence-electron chi connectivity index (χ3n) is 8.03. The molecule has 0 aromatic heterocycles. The number of nitrogens with zero attached hydrogens (tertiary/aromatic N) is 1. The quantitative estimate of drug-likeness (QED) is 0.589. The Morgan fingerprint density at radius 3 is 2.83 bits per heavy atom. The minimum absolute atomic E-state index is 0.0854. The van der Waals surface area contributed by atoms with Crippen molar-refractivity contribution in [1.29, 1.82) is 0 Å². The smallest absolute Gasteiger partial charge is 0.316 e. The van der Waals surface area contributed by atoms with E-state index in [1.165, 1.54) is 18.4 Å². The van der Waals surface area contributed by atoms with Crippen LogP contribution < -0.4 is 4.74 Å². The molecule has 0 amide bonds. The highest BCUT2D eigenvalue weighted by Gasteiger charge is 2.67. The highest BCUT2D eigenvalue weighted by atomic mass is 16.5. The van der Waals surface area contributed by atoms with Gasteiger partial charge in [-0.05, 0) is 74.8 Å². The number of ether oxygens (including phenoxy) is 2. The van der Waals surface area contributed by atoms with E-state index in [0.717, 1.165) is 30.8 Å². The van der Waals surface area contributed by atoms with Crippen LogP contribution in [0.3, 0.4) is 0 Å². The SMILES string of the molecule is CCOC(=O)[C@H]1C[C@@]2(O)[C@H]3Cc4ccc(OC)cc4[C@@]2(CCN3CC2CC2)CC1=O. The molecule has 1 saturated heterocycles. The average Bonchev–Trinajstić information content (AvgIpc) is 3.54. The summed E-state index contributed by atoms with van der Waals surface area (Å²) in [6.45, 7) is 3.85. The standard InChI is InChI=1S/C24H31NO5/c1-3-30-22(27)18-12-24(28)21-10-16-6-7-17(29-2)11-19(16)23(24,13-20(18)26)8-9-25(21)14-15-4-5-15/h6-7,11,15,18,21,28H,3-5,8-10,12-14H2,1-2H3/t18-,21+,23+,24+/m0/s1. The Morgan fingerprint density at radius 2 is 2.13 bits per heavy atom. The summed E-state index contributed by atoms with van der Waals surface area (Å²) in [5, 5.41) is 12.3. The molecule has 1 heterocycles. The van der Waals surface area contributed by atoms with E-state index in [0.29, 0.717) is 12.3 Å². The van der Waals surface area contributed by atoms with Crippen molar-refractivity contribution < 1.29 is 24.2 Å².